The average molecular weight is 487 g/mol. The summed E-state index contributed by atoms with van der Waals surface area (Å²) in [6.45, 7) is 2.47. The number of hydrogen-bond acceptors (Lipinski definition) is 6. The van der Waals surface area contributed by atoms with Gasteiger partial charge in [-0.3, -0.25) is 4.79 Å². The highest BCUT2D eigenvalue weighted by Crippen LogP contribution is 2.25. The van der Waals surface area contributed by atoms with E-state index in [2.05, 4.69) is 9.57 Å². The first kappa shape index (κ1) is 25.0. The number of carbonyl (C=O) groups excluding carboxylic acids is 1. The van der Waals surface area contributed by atoms with Crippen LogP contribution in [-0.2, 0) is 10.0 Å². The van der Waals surface area contributed by atoms with Crippen LogP contribution in [0.2, 0.25) is 0 Å². The van der Waals surface area contributed by atoms with E-state index in [1.165, 1.54) is 6.92 Å². The molecule has 1 N–H and O–H groups in total. The number of ether oxygens (including phenoxy) is 2. The smallest absolute Gasteiger partial charge is 0.494 e. The van der Waals surface area contributed by atoms with Crippen molar-refractivity contribution in [3.63, 3.8) is 0 Å². The molecule has 0 spiro atoms. The molecule has 1 heterocycles. The number of rotatable bonds is 10. The van der Waals surface area contributed by atoms with Crippen molar-refractivity contribution in [3.8, 4) is 11.5 Å². The van der Waals surface area contributed by atoms with E-state index in [1.54, 1.807) is 29.3 Å². The maximum Gasteiger partial charge on any atom is 0.573 e. The molecule has 0 aliphatic carbocycles. The Bertz CT molecular complexity index is 1040. The predicted molar refractivity (Wildman–Crippen MR) is 114 cm³/mol. The molecule has 11 heteroatoms. The zero-order valence-corrected chi connectivity index (χ0v) is 18.8. The summed E-state index contributed by atoms with van der Waals surface area (Å²) >= 11 is 0. The summed E-state index contributed by atoms with van der Waals surface area (Å²) in [6.07, 6.45) is -1.82. The first-order valence-electron chi connectivity index (χ1n) is 10.4. The van der Waals surface area contributed by atoms with Crippen LogP contribution in [0.3, 0.4) is 0 Å². The van der Waals surface area contributed by atoms with E-state index in [1.807, 2.05) is 0 Å². The van der Waals surface area contributed by atoms with Crippen LogP contribution in [0.15, 0.2) is 53.4 Å². The number of hydrazine groups is 1. The summed E-state index contributed by atoms with van der Waals surface area (Å²) in [7, 11) is -3.94. The van der Waals surface area contributed by atoms with Crippen molar-refractivity contribution in [1.82, 2.24) is 9.84 Å². The van der Waals surface area contributed by atoms with Crippen LogP contribution in [0.25, 0.3) is 0 Å². The van der Waals surface area contributed by atoms with Gasteiger partial charge in [-0.1, -0.05) is 0 Å². The monoisotopic (exact) mass is 486 g/mol. The van der Waals surface area contributed by atoms with Gasteiger partial charge >= 0.3 is 6.36 Å². The maximum atomic E-state index is 12.7. The number of halogens is 3. The van der Waals surface area contributed by atoms with Gasteiger partial charge in [-0.25, -0.2) is 13.4 Å². The minimum absolute atomic E-state index is 0.0173. The number of carbonyl (C=O) groups is 1. The first-order chi connectivity index (χ1) is 15.5. The lowest BCUT2D eigenvalue weighted by Crippen LogP contribution is -2.45. The summed E-state index contributed by atoms with van der Waals surface area (Å²) in [4.78, 5) is 13.7. The van der Waals surface area contributed by atoms with Crippen LogP contribution in [-0.4, -0.2) is 44.8 Å². The second kappa shape index (κ2) is 10.5. The second-order valence-electron chi connectivity index (χ2n) is 7.67. The normalized spacial score (nSPS) is 17.2. The maximum absolute atomic E-state index is 12.7. The predicted octanol–water partition coefficient (Wildman–Crippen LogP) is 4.30. The summed E-state index contributed by atoms with van der Waals surface area (Å²) in [5.74, 6) is 0.147. The van der Waals surface area contributed by atoms with E-state index >= 15 is 0 Å². The van der Waals surface area contributed by atoms with Crippen molar-refractivity contribution in [1.29, 1.82) is 0 Å². The van der Waals surface area contributed by atoms with E-state index in [9.17, 15) is 26.4 Å². The Morgan fingerprint density at radius 1 is 1.09 bits per heavy atom. The molecule has 33 heavy (non-hydrogen) atoms. The van der Waals surface area contributed by atoms with E-state index in [0.29, 0.717) is 37.3 Å². The van der Waals surface area contributed by atoms with Crippen molar-refractivity contribution in [3.05, 3.63) is 54.1 Å². The molecule has 1 saturated heterocycles. The molecule has 180 valence electrons. The number of nitrogens with zero attached hydrogens (tertiary/aromatic N) is 1. The molecular formula is C22H25F3N2O5S. The number of hydrogen-bond donors (Lipinski definition) is 1. The van der Waals surface area contributed by atoms with E-state index in [4.69, 9.17) is 4.74 Å². The van der Waals surface area contributed by atoms with Gasteiger partial charge in [0.05, 0.1) is 11.5 Å². The lowest BCUT2D eigenvalue weighted by Gasteiger charge is -2.25. The summed E-state index contributed by atoms with van der Waals surface area (Å²) < 4.78 is 71.6. The van der Waals surface area contributed by atoms with Crippen LogP contribution >= 0.6 is 0 Å². The van der Waals surface area contributed by atoms with Crippen molar-refractivity contribution >= 4 is 15.8 Å². The Labute approximate surface area is 190 Å². The molecule has 2 aromatic carbocycles. The number of alkyl halides is 3. The molecule has 0 saturated carbocycles. The topological polar surface area (TPSA) is 84.9 Å². The minimum Gasteiger partial charge on any atom is -0.494 e. The fraction of sp³-hybridized carbons (Fsp3) is 0.409. The first-order valence-corrected chi connectivity index (χ1v) is 11.9. The zero-order chi connectivity index (χ0) is 24.1. The molecule has 7 nitrogen and oxygen atoms in total. The number of ketones is 1. The Kier molecular flexibility index (Phi) is 7.98. The van der Waals surface area contributed by atoms with E-state index in [0.717, 1.165) is 37.1 Å². The molecule has 1 unspecified atom stereocenters. The fourth-order valence-corrected chi connectivity index (χ4v) is 4.73. The molecule has 1 fully saturated rings. The molecule has 0 amide bonds. The lowest BCUT2D eigenvalue weighted by molar-refractivity contribution is -0.274. The molecule has 1 aliphatic rings. The molecular weight excluding hydrogens is 461 g/mol. The molecule has 0 radical (unpaired) electrons. The van der Waals surface area contributed by atoms with Crippen LogP contribution in [0.4, 0.5) is 13.2 Å². The van der Waals surface area contributed by atoms with Gasteiger partial charge in [0, 0.05) is 18.2 Å². The van der Waals surface area contributed by atoms with Crippen molar-refractivity contribution in [2.24, 2.45) is 0 Å². The van der Waals surface area contributed by atoms with Crippen LogP contribution in [0, 0.1) is 0 Å². The molecule has 1 aliphatic heterocycles. The number of sulfonamides is 1. The SMILES string of the molecule is CC(=O)c1ccc(OCCCC2CCCN2NS(=O)(=O)c2ccc(OC(F)(F)F)cc2)cc1. The summed E-state index contributed by atoms with van der Waals surface area (Å²) in [5, 5.41) is 1.65. The summed E-state index contributed by atoms with van der Waals surface area (Å²) in [6, 6.07) is 10.9. The number of Topliss-reactive ketones (excluding diaryl/α,β-unsaturated/α-hetero) is 1. The highest BCUT2D eigenvalue weighted by Gasteiger charge is 2.32. The molecule has 2 aromatic rings. The number of nitrogens with one attached hydrogen (secondary N) is 1. The highest BCUT2D eigenvalue weighted by molar-refractivity contribution is 7.89. The quantitative estimate of drug-likeness (QED) is 0.398. The molecule has 0 aromatic heterocycles. The highest BCUT2D eigenvalue weighted by atomic mass is 32.2. The Morgan fingerprint density at radius 3 is 2.33 bits per heavy atom. The van der Waals surface area contributed by atoms with Crippen molar-refractivity contribution < 1.29 is 35.9 Å². The van der Waals surface area contributed by atoms with Gasteiger partial charge < -0.3 is 9.47 Å². The van der Waals surface area contributed by atoms with E-state index < -0.39 is 22.1 Å². The molecule has 1 atom stereocenters. The van der Waals surface area contributed by atoms with Crippen LogP contribution < -0.4 is 14.3 Å². The van der Waals surface area contributed by atoms with Gasteiger partial charge in [-0.2, -0.15) is 0 Å². The second-order valence-corrected chi connectivity index (χ2v) is 9.34. The lowest BCUT2D eigenvalue weighted by atomic mass is 10.1. The third kappa shape index (κ3) is 7.44. The van der Waals surface area contributed by atoms with Gasteiger partial charge in [0.1, 0.15) is 11.5 Å². The van der Waals surface area contributed by atoms with Gasteiger partial charge in [-0.15, -0.1) is 18.0 Å². The Morgan fingerprint density at radius 2 is 1.73 bits per heavy atom. The minimum atomic E-state index is -4.84. The summed E-state index contributed by atoms with van der Waals surface area (Å²) in [5.41, 5.74) is 0.610. The third-order valence-corrected chi connectivity index (χ3v) is 6.56. The van der Waals surface area contributed by atoms with Gasteiger partial charge in [0.15, 0.2) is 5.78 Å². The fourth-order valence-electron chi connectivity index (χ4n) is 3.58. The van der Waals surface area contributed by atoms with Crippen LogP contribution in [0.5, 0.6) is 11.5 Å². The average Bonchev–Trinajstić information content (AvgIpc) is 3.17. The molecule has 0 bridgehead atoms. The van der Waals surface area contributed by atoms with Crippen molar-refractivity contribution in [2.75, 3.05) is 13.2 Å². The number of benzene rings is 2. The standard InChI is InChI=1S/C22H25F3N2O5S/c1-16(28)17-6-8-19(9-7-17)31-15-3-5-18-4-2-14-27(18)26-33(29,30)21-12-10-20(11-13-21)32-22(23,24)25/h6-13,18,26H,2-5,14-15H2,1H3. The van der Waals surface area contributed by atoms with Gasteiger partial charge in [0.25, 0.3) is 10.0 Å². The van der Waals surface area contributed by atoms with Gasteiger partial charge in [0.2, 0.25) is 0 Å². The Hall–Kier alpha value is -2.63. The Balaban J connectivity index is 1.49. The van der Waals surface area contributed by atoms with E-state index in [-0.39, 0.29) is 16.7 Å². The third-order valence-electron chi connectivity index (χ3n) is 5.19. The molecule has 3 rings (SSSR count). The largest absolute Gasteiger partial charge is 0.573 e. The van der Waals surface area contributed by atoms with Crippen LogP contribution in [0.1, 0.15) is 43.0 Å². The van der Waals surface area contributed by atoms with Crippen molar-refractivity contribution in [2.45, 2.75) is 49.9 Å². The zero-order valence-electron chi connectivity index (χ0n) is 18.0. The van der Waals surface area contributed by atoms with Gasteiger partial charge in [-0.05, 0) is 81.1 Å².